The number of likely N-dealkylation sites (tertiary alicyclic amines) is 1. The van der Waals surface area contributed by atoms with Crippen molar-refractivity contribution >= 4 is 6.29 Å². The summed E-state index contributed by atoms with van der Waals surface area (Å²) in [7, 11) is 0. The maximum absolute atomic E-state index is 10.3. The Bertz CT molecular complexity index is 148. The van der Waals surface area contributed by atoms with Crippen LogP contribution in [0, 0.1) is 11.8 Å². The summed E-state index contributed by atoms with van der Waals surface area (Å²) in [5.41, 5.74) is 0. The molecule has 76 valence electrons. The van der Waals surface area contributed by atoms with Crippen molar-refractivity contribution in [3.63, 3.8) is 0 Å². The van der Waals surface area contributed by atoms with E-state index in [1.165, 1.54) is 19.3 Å². The fourth-order valence-corrected chi connectivity index (χ4v) is 2.18. The third kappa shape index (κ3) is 3.90. The van der Waals surface area contributed by atoms with Crippen molar-refractivity contribution < 1.29 is 4.79 Å². The highest BCUT2D eigenvalue weighted by atomic mass is 16.1. The molecule has 13 heavy (non-hydrogen) atoms. The first-order valence-corrected chi connectivity index (χ1v) is 5.38. The Morgan fingerprint density at radius 3 is 2.46 bits per heavy atom. The zero-order chi connectivity index (χ0) is 9.68. The molecule has 0 spiro atoms. The Labute approximate surface area is 81.3 Å². The molecule has 0 bridgehead atoms. The van der Waals surface area contributed by atoms with Crippen molar-refractivity contribution in [3.05, 3.63) is 0 Å². The summed E-state index contributed by atoms with van der Waals surface area (Å²) in [6.07, 6.45) is 4.94. The van der Waals surface area contributed by atoms with Crippen molar-refractivity contribution in [1.82, 2.24) is 4.90 Å². The van der Waals surface area contributed by atoms with E-state index < -0.39 is 0 Å². The highest BCUT2D eigenvalue weighted by Gasteiger charge is 2.18. The minimum absolute atomic E-state index is 0.633. The fraction of sp³-hybridized carbons (Fsp3) is 0.909. The lowest BCUT2D eigenvalue weighted by molar-refractivity contribution is -0.109. The maximum Gasteiger partial charge on any atom is 0.133 e. The van der Waals surface area contributed by atoms with Gasteiger partial charge in [0.25, 0.3) is 0 Å². The smallest absolute Gasteiger partial charge is 0.133 e. The van der Waals surface area contributed by atoms with E-state index in [0.29, 0.717) is 6.54 Å². The quantitative estimate of drug-likeness (QED) is 0.621. The SMILES string of the molecule is CC(C)CC1CCN(CC=O)CC1. The lowest BCUT2D eigenvalue weighted by Crippen LogP contribution is -2.35. The van der Waals surface area contributed by atoms with Gasteiger partial charge in [-0.2, -0.15) is 0 Å². The predicted molar refractivity (Wildman–Crippen MR) is 54.7 cm³/mol. The van der Waals surface area contributed by atoms with E-state index in [9.17, 15) is 4.79 Å². The average molecular weight is 183 g/mol. The Balaban J connectivity index is 2.18. The molecule has 0 radical (unpaired) electrons. The van der Waals surface area contributed by atoms with Gasteiger partial charge in [-0.25, -0.2) is 0 Å². The van der Waals surface area contributed by atoms with Gasteiger partial charge in [0.2, 0.25) is 0 Å². The molecule has 1 rings (SSSR count). The third-order valence-corrected chi connectivity index (χ3v) is 2.84. The third-order valence-electron chi connectivity index (χ3n) is 2.84. The normalized spacial score (nSPS) is 20.8. The molecule has 2 nitrogen and oxygen atoms in total. The fourth-order valence-electron chi connectivity index (χ4n) is 2.18. The summed E-state index contributed by atoms with van der Waals surface area (Å²) in [6.45, 7) is 7.45. The molecule has 0 N–H and O–H groups in total. The molecule has 1 saturated heterocycles. The van der Waals surface area contributed by atoms with Crippen molar-refractivity contribution in [2.75, 3.05) is 19.6 Å². The Kier molecular flexibility index (Phi) is 4.43. The molecule has 0 aromatic carbocycles. The largest absolute Gasteiger partial charge is 0.302 e. The lowest BCUT2D eigenvalue weighted by atomic mass is 9.89. The van der Waals surface area contributed by atoms with Crippen LogP contribution in [0.4, 0.5) is 0 Å². The second-order valence-electron chi connectivity index (χ2n) is 4.54. The number of hydrogen-bond acceptors (Lipinski definition) is 2. The Hall–Kier alpha value is -0.370. The first-order valence-electron chi connectivity index (χ1n) is 5.38. The van der Waals surface area contributed by atoms with Crippen molar-refractivity contribution in [2.24, 2.45) is 11.8 Å². The number of carbonyl (C=O) groups excluding carboxylic acids is 1. The van der Waals surface area contributed by atoms with E-state index in [0.717, 1.165) is 31.2 Å². The van der Waals surface area contributed by atoms with Gasteiger partial charge in [-0.15, -0.1) is 0 Å². The molecule has 0 amide bonds. The molecule has 0 unspecified atom stereocenters. The predicted octanol–water partition coefficient (Wildman–Crippen LogP) is 1.94. The standard InChI is InChI=1S/C11H21NO/c1-10(2)9-11-3-5-12(6-4-11)7-8-13/h8,10-11H,3-7,9H2,1-2H3. The van der Waals surface area contributed by atoms with E-state index in [1.807, 2.05) is 0 Å². The first kappa shape index (κ1) is 10.7. The van der Waals surface area contributed by atoms with Crippen LogP contribution in [0.1, 0.15) is 33.1 Å². The average Bonchev–Trinajstić information content (AvgIpc) is 2.08. The van der Waals surface area contributed by atoms with E-state index in [-0.39, 0.29) is 0 Å². The van der Waals surface area contributed by atoms with Crippen LogP contribution in [0.2, 0.25) is 0 Å². The highest BCUT2D eigenvalue weighted by molar-refractivity contribution is 5.51. The van der Waals surface area contributed by atoms with Crippen molar-refractivity contribution in [3.8, 4) is 0 Å². The molecule has 1 aliphatic rings. The number of carbonyl (C=O) groups is 1. The van der Waals surface area contributed by atoms with Gasteiger partial charge in [0, 0.05) is 0 Å². The van der Waals surface area contributed by atoms with E-state index in [1.54, 1.807) is 0 Å². The number of nitrogens with zero attached hydrogens (tertiary/aromatic N) is 1. The highest BCUT2D eigenvalue weighted by Crippen LogP contribution is 2.23. The molecule has 2 heteroatoms. The second-order valence-corrected chi connectivity index (χ2v) is 4.54. The topological polar surface area (TPSA) is 20.3 Å². The molecule has 0 saturated carbocycles. The van der Waals surface area contributed by atoms with Crippen LogP contribution in [0.25, 0.3) is 0 Å². The molecular formula is C11H21NO. The molecule has 1 aliphatic heterocycles. The summed E-state index contributed by atoms with van der Waals surface area (Å²) in [5.74, 6) is 1.73. The summed E-state index contributed by atoms with van der Waals surface area (Å²) >= 11 is 0. The number of aldehydes is 1. The van der Waals surface area contributed by atoms with Gasteiger partial charge in [0.15, 0.2) is 0 Å². The van der Waals surface area contributed by atoms with Gasteiger partial charge in [-0.05, 0) is 44.2 Å². The van der Waals surface area contributed by atoms with Crippen LogP contribution in [0.3, 0.4) is 0 Å². The van der Waals surface area contributed by atoms with Crippen LogP contribution >= 0.6 is 0 Å². The zero-order valence-electron chi connectivity index (χ0n) is 8.83. The summed E-state index contributed by atoms with van der Waals surface area (Å²) < 4.78 is 0. The van der Waals surface area contributed by atoms with Gasteiger partial charge < -0.3 is 4.79 Å². The summed E-state index contributed by atoms with van der Waals surface area (Å²) in [4.78, 5) is 12.5. The van der Waals surface area contributed by atoms with E-state index in [4.69, 9.17) is 0 Å². The Morgan fingerprint density at radius 1 is 1.38 bits per heavy atom. The molecule has 0 aromatic heterocycles. The molecular weight excluding hydrogens is 162 g/mol. The van der Waals surface area contributed by atoms with Crippen molar-refractivity contribution in [1.29, 1.82) is 0 Å². The van der Waals surface area contributed by atoms with Gasteiger partial charge in [0.05, 0.1) is 6.54 Å². The maximum atomic E-state index is 10.3. The van der Waals surface area contributed by atoms with E-state index in [2.05, 4.69) is 18.7 Å². The van der Waals surface area contributed by atoms with Crippen LogP contribution in [-0.4, -0.2) is 30.8 Å². The molecule has 0 aliphatic carbocycles. The summed E-state index contributed by atoms with van der Waals surface area (Å²) in [6, 6.07) is 0. The number of piperidine rings is 1. The number of hydrogen-bond donors (Lipinski definition) is 0. The summed E-state index contributed by atoms with van der Waals surface area (Å²) in [5, 5.41) is 0. The molecule has 1 heterocycles. The molecule has 1 fully saturated rings. The Morgan fingerprint density at radius 2 is 2.00 bits per heavy atom. The van der Waals surface area contributed by atoms with Gasteiger partial charge >= 0.3 is 0 Å². The van der Waals surface area contributed by atoms with Gasteiger partial charge in [-0.3, -0.25) is 4.90 Å². The van der Waals surface area contributed by atoms with Crippen LogP contribution < -0.4 is 0 Å². The van der Waals surface area contributed by atoms with Crippen LogP contribution in [0.15, 0.2) is 0 Å². The molecule has 0 aromatic rings. The van der Waals surface area contributed by atoms with Crippen molar-refractivity contribution in [2.45, 2.75) is 33.1 Å². The monoisotopic (exact) mass is 183 g/mol. The van der Waals surface area contributed by atoms with Crippen LogP contribution in [-0.2, 0) is 4.79 Å². The molecule has 0 atom stereocenters. The van der Waals surface area contributed by atoms with E-state index >= 15 is 0 Å². The van der Waals surface area contributed by atoms with Gasteiger partial charge in [-0.1, -0.05) is 13.8 Å². The number of rotatable bonds is 4. The minimum atomic E-state index is 0.633. The lowest BCUT2D eigenvalue weighted by Gasteiger charge is -2.31. The minimum Gasteiger partial charge on any atom is -0.302 e. The first-order chi connectivity index (χ1) is 6.22. The second kappa shape index (κ2) is 5.38. The van der Waals surface area contributed by atoms with Crippen LogP contribution in [0.5, 0.6) is 0 Å². The van der Waals surface area contributed by atoms with Gasteiger partial charge in [0.1, 0.15) is 6.29 Å². The zero-order valence-corrected chi connectivity index (χ0v) is 8.83.